The molecule has 0 atom stereocenters. The van der Waals surface area contributed by atoms with Crippen molar-refractivity contribution in [2.45, 2.75) is 31.2 Å². The van der Waals surface area contributed by atoms with Crippen molar-refractivity contribution in [3.63, 3.8) is 0 Å². The van der Waals surface area contributed by atoms with E-state index in [1.54, 1.807) is 4.40 Å². The monoisotopic (exact) mass is 841 g/mol. The van der Waals surface area contributed by atoms with Crippen LogP contribution in [0.25, 0.3) is 55.6 Å². The first-order valence-corrected chi connectivity index (χ1v) is 24.9. The van der Waals surface area contributed by atoms with Crippen molar-refractivity contribution >= 4 is 57.3 Å². The third-order valence-electron chi connectivity index (χ3n) is 8.67. The molecule has 45 heavy (non-hydrogen) atoms. The molecule has 0 spiro atoms. The second-order valence-electron chi connectivity index (χ2n) is 12.9. The van der Waals surface area contributed by atoms with Crippen LogP contribution in [0, 0.1) is 12.1 Å². The number of hydrogen-bond donors (Lipinski definition) is 0. The summed E-state index contributed by atoms with van der Waals surface area (Å²) in [5.74, 6) is 4.96. The van der Waals surface area contributed by atoms with Crippen LogP contribution in [-0.2, 0) is 20.1 Å². The van der Waals surface area contributed by atoms with Crippen LogP contribution in [0.2, 0.25) is 31.2 Å². The van der Waals surface area contributed by atoms with Gasteiger partial charge in [-0.15, -0.1) is 35.9 Å². The summed E-state index contributed by atoms with van der Waals surface area (Å²) in [5.41, 5.74) is 8.52. The average Bonchev–Trinajstić information content (AvgIpc) is 3.53. The van der Waals surface area contributed by atoms with E-state index in [0.29, 0.717) is 0 Å². The maximum atomic E-state index is 6.41. The van der Waals surface area contributed by atoms with Crippen molar-refractivity contribution in [2.75, 3.05) is 0 Å². The third kappa shape index (κ3) is 5.79. The van der Waals surface area contributed by atoms with Gasteiger partial charge in [0.25, 0.3) is 0 Å². The fraction of sp³-hybridized carbons (Fsp3) is 0.128. The Morgan fingerprint density at radius 2 is 1.49 bits per heavy atom. The first kappa shape index (κ1) is 31.4. The Balaban J connectivity index is 0.000000181. The van der Waals surface area contributed by atoms with Crippen molar-refractivity contribution in [3.05, 3.63) is 128 Å². The summed E-state index contributed by atoms with van der Waals surface area (Å²) in [4.78, 5) is 9.02. The molecule has 3 nitrogen and oxygen atoms in total. The van der Waals surface area contributed by atoms with Gasteiger partial charge >= 0.3 is 166 Å². The molecule has 1 aliphatic heterocycles. The van der Waals surface area contributed by atoms with Gasteiger partial charge in [0, 0.05) is 26.3 Å². The van der Waals surface area contributed by atoms with Crippen LogP contribution in [0.5, 0.6) is 0 Å². The molecular weight excluding hydrogens is 805 g/mol. The number of hydrogen-bond acceptors (Lipinski definition) is 3. The fourth-order valence-electron chi connectivity index (χ4n) is 6.19. The molecule has 4 aromatic carbocycles. The summed E-state index contributed by atoms with van der Waals surface area (Å²) in [6.07, 6.45) is 3.83. The van der Waals surface area contributed by atoms with Gasteiger partial charge in [-0.3, -0.25) is 0 Å². The van der Waals surface area contributed by atoms with Crippen molar-refractivity contribution in [1.29, 1.82) is 0 Å². The van der Waals surface area contributed by atoms with Crippen molar-refractivity contribution in [3.8, 4) is 33.6 Å². The van der Waals surface area contributed by atoms with E-state index < -0.39 is 21.3 Å². The van der Waals surface area contributed by atoms with Crippen LogP contribution in [-0.4, -0.2) is 31.3 Å². The molecule has 8 rings (SSSR count). The van der Waals surface area contributed by atoms with Gasteiger partial charge in [0.2, 0.25) is 0 Å². The normalized spacial score (nSPS) is 13.0. The number of aromatic nitrogens is 2. The van der Waals surface area contributed by atoms with Gasteiger partial charge in [0.15, 0.2) is 0 Å². The van der Waals surface area contributed by atoms with E-state index in [1.807, 2.05) is 60.9 Å². The smallest absolute Gasteiger partial charge is 0 e. The van der Waals surface area contributed by atoms with E-state index in [9.17, 15) is 0 Å². The van der Waals surface area contributed by atoms with E-state index in [2.05, 4.69) is 108 Å². The Labute approximate surface area is 282 Å². The van der Waals surface area contributed by atoms with Crippen molar-refractivity contribution < 1.29 is 24.5 Å². The van der Waals surface area contributed by atoms with Gasteiger partial charge in [-0.25, -0.2) is 0 Å². The minimum Gasteiger partial charge on any atom is 0 e. The molecule has 4 heterocycles. The van der Waals surface area contributed by atoms with Gasteiger partial charge in [0.05, 0.1) is 8.07 Å². The summed E-state index contributed by atoms with van der Waals surface area (Å²) in [6, 6.07) is 42.4. The van der Waals surface area contributed by atoms with E-state index in [0.717, 1.165) is 39.1 Å². The molecule has 225 valence electrons. The zero-order valence-electron chi connectivity index (χ0n) is 26.1. The largest absolute Gasteiger partial charge is 0 e. The molecule has 3 aromatic heterocycles. The molecule has 1 aliphatic rings. The van der Waals surface area contributed by atoms with Gasteiger partial charge < -0.3 is 4.98 Å². The Bertz CT molecular complexity index is 2120. The van der Waals surface area contributed by atoms with E-state index in [4.69, 9.17) is 4.42 Å². The molecule has 0 N–H and O–H groups in total. The van der Waals surface area contributed by atoms with Crippen molar-refractivity contribution in [1.82, 2.24) is 9.97 Å². The number of pyridine rings is 2. The summed E-state index contributed by atoms with van der Waals surface area (Å²) < 4.78 is 9.49. The average molecular weight is 840 g/mol. The van der Waals surface area contributed by atoms with E-state index >= 15 is 0 Å². The number of furan rings is 1. The van der Waals surface area contributed by atoms with E-state index in [1.165, 1.54) is 26.1 Å². The molecule has 6 heteroatoms. The van der Waals surface area contributed by atoms with Crippen LogP contribution in [0.15, 0.2) is 120 Å². The zero-order chi connectivity index (χ0) is 30.5. The molecular formula is C39H34GeIrN2OSi-2. The van der Waals surface area contributed by atoms with E-state index in [-0.39, 0.29) is 20.1 Å². The number of nitrogens with zero attached hydrogens (tertiary/aromatic N) is 2. The Hall–Kier alpha value is -3.61. The maximum Gasteiger partial charge on any atom is 0 e. The molecule has 0 bridgehead atoms. The minimum atomic E-state index is -2.29. The number of benzene rings is 4. The predicted molar refractivity (Wildman–Crippen MR) is 189 cm³/mol. The third-order valence-corrected chi connectivity index (χ3v) is 18.1. The molecule has 0 aliphatic carbocycles. The summed E-state index contributed by atoms with van der Waals surface area (Å²) in [5, 5.41) is 3.70. The SMILES string of the molecule is C[Si](C)(C)c1ccc(-c2[c-]cccc2)nc1.[CH3][Ge]1([CH3])[c]2ccccc2-c2cc3c(c[c]21)oc1c(-c2ccccn2)[c-]ccc13.[Ir]. The van der Waals surface area contributed by atoms with Crippen LogP contribution in [0.3, 0.4) is 0 Å². The zero-order valence-corrected chi connectivity index (χ0v) is 31.6. The summed E-state index contributed by atoms with van der Waals surface area (Å²) in [6.45, 7) is 7.00. The molecule has 0 unspecified atom stereocenters. The molecule has 0 saturated carbocycles. The molecule has 7 aromatic rings. The second kappa shape index (κ2) is 12.3. The number of fused-ring (bicyclic) bond motifs is 6. The molecule has 0 fully saturated rings. The first-order chi connectivity index (χ1) is 21.2. The summed E-state index contributed by atoms with van der Waals surface area (Å²) in [7, 11) is -1.23. The summed E-state index contributed by atoms with van der Waals surface area (Å²) >= 11 is -2.29. The Kier molecular flexibility index (Phi) is 8.57. The van der Waals surface area contributed by atoms with Crippen LogP contribution in [0.4, 0.5) is 0 Å². The van der Waals surface area contributed by atoms with Gasteiger partial charge in [-0.05, 0) is 10.9 Å². The fourth-order valence-corrected chi connectivity index (χ4v) is 13.7. The Morgan fingerprint density at radius 1 is 0.689 bits per heavy atom. The van der Waals surface area contributed by atoms with Crippen molar-refractivity contribution in [2.24, 2.45) is 0 Å². The van der Waals surface area contributed by atoms with Crippen LogP contribution in [0.1, 0.15) is 0 Å². The van der Waals surface area contributed by atoms with Crippen LogP contribution < -0.4 is 14.0 Å². The topological polar surface area (TPSA) is 38.9 Å². The minimum absolute atomic E-state index is 0. The van der Waals surface area contributed by atoms with Crippen LogP contribution >= 0.6 is 0 Å². The molecule has 0 amide bonds. The van der Waals surface area contributed by atoms with Gasteiger partial charge in [-0.2, -0.15) is 0 Å². The molecule has 1 radical (unpaired) electrons. The standard InChI is InChI=1S/C25H18GeNO.C14H16NSi.Ir/c1-26(2)21-11-4-3-8-16(21)19-14-20-17-9-7-10-18(23-12-5-6-13-27-23)25(17)28-24(20)15-22(19)26;1-16(2,3)13-9-10-14(15-11-13)12-7-5-4-6-8-12;/h3-9,11-15H,1-2H3;4-7,9-11H,1-3H3;/q2*-1;. The maximum absolute atomic E-state index is 6.41. The second-order valence-corrected chi connectivity index (χ2v) is 27.1. The number of rotatable bonds is 3. The molecule has 0 saturated heterocycles. The van der Waals surface area contributed by atoms with Gasteiger partial charge in [-0.1, -0.05) is 31.8 Å². The van der Waals surface area contributed by atoms with Gasteiger partial charge in [0.1, 0.15) is 0 Å². The Morgan fingerprint density at radius 3 is 2.20 bits per heavy atom. The predicted octanol–water partition coefficient (Wildman–Crippen LogP) is 8.34. The first-order valence-electron chi connectivity index (χ1n) is 15.1. The quantitative estimate of drug-likeness (QED) is 0.133.